The zero-order valence-electron chi connectivity index (χ0n) is 14.9. The van der Waals surface area contributed by atoms with E-state index in [9.17, 15) is 9.59 Å². The van der Waals surface area contributed by atoms with Gasteiger partial charge in [-0.2, -0.15) is 0 Å². The van der Waals surface area contributed by atoms with Gasteiger partial charge >= 0.3 is 5.97 Å². The lowest BCUT2D eigenvalue weighted by molar-refractivity contribution is -0.146. The molecule has 0 aliphatic heterocycles. The maximum atomic E-state index is 12.6. The van der Waals surface area contributed by atoms with E-state index in [-0.39, 0.29) is 24.2 Å². The molecule has 1 amide bonds. The molecule has 24 heavy (non-hydrogen) atoms. The van der Waals surface area contributed by atoms with Crippen LogP contribution >= 0.6 is 0 Å². The quantitative estimate of drug-likeness (QED) is 0.610. The van der Waals surface area contributed by atoms with E-state index < -0.39 is 0 Å². The standard InChI is InChI=1S/C18H27NO5/c1-5-24-16-8-6-15(7-9-16)12-17(20)19(10-11-22-3)13-14(2)18(21)23-4/h6-9,14H,5,10-13H2,1-4H3. The molecule has 0 saturated carbocycles. The first-order valence-corrected chi connectivity index (χ1v) is 8.08. The first kappa shape index (κ1) is 20.0. The minimum Gasteiger partial charge on any atom is -0.494 e. The molecule has 1 unspecified atom stereocenters. The Morgan fingerprint density at radius 3 is 2.38 bits per heavy atom. The van der Waals surface area contributed by atoms with Crippen LogP contribution in [0.2, 0.25) is 0 Å². The highest BCUT2D eigenvalue weighted by molar-refractivity contribution is 5.80. The number of nitrogens with zero attached hydrogens (tertiary/aromatic N) is 1. The van der Waals surface area contributed by atoms with Crippen LogP contribution in [0.4, 0.5) is 0 Å². The number of hydrogen-bond acceptors (Lipinski definition) is 5. The fraction of sp³-hybridized carbons (Fsp3) is 0.556. The molecule has 6 nitrogen and oxygen atoms in total. The van der Waals surface area contributed by atoms with E-state index in [1.165, 1.54) is 7.11 Å². The lowest BCUT2D eigenvalue weighted by atomic mass is 10.1. The Bertz CT molecular complexity index is 515. The number of methoxy groups -OCH3 is 2. The molecule has 134 valence electrons. The Kier molecular flexibility index (Phi) is 8.86. The van der Waals surface area contributed by atoms with Crippen LogP contribution in [0.25, 0.3) is 0 Å². The number of hydrogen-bond donors (Lipinski definition) is 0. The van der Waals surface area contributed by atoms with Crippen LogP contribution in [0.1, 0.15) is 19.4 Å². The zero-order chi connectivity index (χ0) is 17.9. The summed E-state index contributed by atoms with van der Waals surface area (Å²) < 4.78 is 15.2. The van der Waals surface area contributed by atoms with Crippen molar-refractivity contribution >= 4 is 11.9 Å². The van der Waals surface area contributed by atoms with Gasteiger partial charge in [-0.1, -0.05) is 19.1 Å². The predicted molar refractivity (Wildman–Crippen MR) is 91.0 cm³/mol. The van der Waals surface area contributed by atoms with Crippen LogP contribution in [0.15, 0.2) is 24.3 Å². The second-order valence-corrected chi connectivity index (χ2v) is 5.51. The van der Waals surface area contributed by atoms with Gasteiger partial charge in [0.05, 0.1) is 32.7 Å². The summed E-state index contributed by atoms with van der Waals surface area (Å²) in [5.74, 6) is 0.0265. The number of ether oxygens (including phenoxy) is 3. The topological polar surface area (TPSA) is 65.1 Å². The molecule has 6 heteroatoms. The summed E-state index contributed by atoms with van der Waals surface area (Å²) in [7, 11) is 2.93. The van der Waals surface area contributed by atoms with Crippen molar-refractivity contribution in [1.29, 1.82) is 0 Å². The first-order chi connectivity index (χ1) is 11.5. The Balaban J connectivity index is 2.70. The normalized spacial score (nSPS) is 11.7. The van der Waals surface area contributed by atoms with Crippen molar-refractivity contribution in [2.45, 2.75) is 20.3 Å². The molecule has 1 aromatic carbocycles. The van der Waals surface area contributed by atoms with Crippen molar-refractivity contribution in [3.8, 4) is 5.75 Å². The lowest BCUT2D eigenvalue weighted by Gasteiger charge is -2.25. The molecular weight excluding hydrogens is 310 g/mol. The number of benzene rings is 1. The van der Waals surface area contributed by atoms with Gasteiger partial charge in [0.25, 0.3) is 0 Å². The fourth-order valence-corrected chi connectivity index (χ4v) is 2.28. The maximum absolute atomic E-state index is 12.6. The summed E-state index contributed by atoms with van der Waals surface area (Å²) in [6.45, 7) is 5.44. The minimum atomic E-state index is -0.379. The van der Waals surface area contributed by atoms with Crippen molar-refractivity contribution in [3.05, 3.63) is 29.8 Å². The minimum absolute atomic E-state index is 0.0491. The van der Waals surface area contributed by atoms with Gasteiger partial charge < -0.3 is 19.1 Å². The monoisotopic (exact) mass is 337 g/mol. The number of carbonyl (C=O) groups is 2. The summed E-state index contributed by atoms with van der Waals surface area (Å²) in [6.07, 6.45) is 0.268. The third-order valence-corrected chi connectivity index (χ3v) is 3.61. The van der Waals surface area contributed by atoms with E-state index in [1.807, 2.05) is 31.2 Å². The van der Waals surface area contributed by atoms with Crippen molar-refractivity contribution in [3.63, 3.8) is 0 Å². The van der Waals surface area contributed by atoms with Crippen LogP contribution in [-0.4, -0.2) is 57.3 Å². The van der Waals surface area contributed by atoms with Crippen LogP contribution in [-0.2, 0) is 25.5 Å². The fourth-order valence-electron chi connectivity index (χ4n) is 2.28. The van der Waals surface area contributed by atoms with Gasteiger partial charge in [-0.15, -0.1) is 0 Å². The van der Waals surface area contributed by atoms with Gasteiger partial charge in [-0.3, -0.25) is 9.59 Å². The van der Waals surface area contributed by atoms with Crippen molar-refractivity contribution < 1.29 is 23.8 Å². The van der Waals surface area contributed by atoms with E-state index in [1.54, 1.807) is 18.9 Å². The van der Waals surface area contributed by atoms with Gasteiger partial charge in [-0.05, 0) is 24.6 Å². The first-order valence-electron chi connectivity index (χ1n) is 8.08. The summed E-state index contributed by atoms with van der Waals surface area (Å²) in [4.78, 5) is 25.8. The van der Waals surface area contributed by atoms with E-state index >= 15 is 0 Å². The van der Waals surface area contributed by atoms with E-state index in [4.69, 9.17) is 14.2 Å². The number of esters is 1. The molecule has 0 aromatic heterocycles. The smallest absolute Gasteiger partial charge is 0.310 e. The van der Waals surface area contributed by atoms with Gasteiger partial charge in [-0.25, -0.2) is 0 Å². The highest BCUT2D eigenvalue weighted by Crippen LogP contribution is 2.14. The van der Waals surface area contributed by atoms with Crippen molar-refractivity contribution in [2.24, 2.45) is 5.92 Å². The summed E-state index contributed by atoms with van der Waals surface area (Å²) in [5, 5.41) is 0. The molecule has 0 aliphatic rings. The van der Waals surface area contributed by atoms with E-state index in [0.29, 0.717) is 26.3 Å². The Morgan fingerprint density at radius 1 is 1.17 bits per heavy atom. The van der Waals surface area contributed by atoms with Crippen LogP contribution in [0.5, 0.6) is 5.75 Å². The number of carbonyl (C=O) groups excluding carboxylic acids is 2. The third kappa shape index (κ3) is 6.58. The average molecular weight is 337 g/mol. The molecular formula is C18H27NO5. The molecule has 0 fully saturated rings. The highest BCUT2D eigenvalue weighted by atomic mass is 16.5. The molecule has 1 aromatic rings. The SMILES string of the molecule is CCOc1ccc(CC(=O)N(CCOC)CC(C)C(=O)OC)cc1. The molecule has 1 rings (SSSR count). The van der Waals surface area contributed by atoms with E-state index in [0.717, 1.165) is 11.3 Å². The second-order valence-electron chi connectivity index (χ2n) is 5.51. The second kappa shape index (κ2) is 10.6. The molecule has 0 aliphatic carbocycles. The van der Waals surface area contributed by atoms with Gasteiger partial charge in [0.2, 0.25) is 5.91 Å². The van der Waals surface area contributed by atoms with Gasteiger partial charge in [0.1, 0.15) is 5.75 Å². The average Bonchev–Trinajstić information content (AvgIpc) is 2.59. The number of rotatable bonds is 10. The molecule has 0 heterocycles. The largest absolute Gasteiger partial charge is 0.494 e. The van der Waals surface area contributed by atoms with Crippen LogP contribution < -0.4 is 4.74 Å². The molecule has 0 radical (unpaired) electrons. The maximum Gasteiger partial charge on any atom is 0.310 e. The molecule has 0 bridgehead atoms. The van der Waals surface area contributed by atoms with Crippen LogP contribution in [0, 0.1) is 5.92 Å². The summed E-state index contributed by atoms with van der Waals surface area (Å²) >= 11 is 0. The summed E-state index contributed by atoms with van der Waals surface area (Å²) in [6, 6.07) is 7.45. The lowest BCUT2D eigenvalue weighted by Crippen LogP contribution is -2.40. The molecule has 0 saturated heterocycles. The zero-order valence-corrected chi connectivity index (χ0v) is 14.9. The Hall–Kier alpha value is -2.08. The Labute approximate surface area is 143 Å². The third-order valence-electron chi connectivity index (χ3n) is 3.61. The Morgan fingerprint density at radius 2 is 1.83 bits per heavy atom. The van der Waals surface area contributed by atoms with Gasteiger partial charge in [0, 0.05) is 20.2 Å². The molecule has 1 atom stereocenters. The van der Waals surface area contributed by atoms with Crippen LogP contribution in [0.3, 0.4) is 0 Å². The van der Waals surface area contributed by atoms with E-state index in [2.05, 4.69) is 0 Å². The predicted octanol–water partition coefficient (Wildman–Crippen LogP) is 1.91. The molecule has 0 spiro atoms. The van der Waals surface area contributed by atoms with Crippen molar-refractivity contribution in [2.75, 3.05) is 40.5 Å². The summed E-state index contributed by atoms with van der Waals surface area (Å²) in [5.41, 5.74) is 0.900. The highest BCUT2D eigenvalue weighted by Gasteiger charge is 2.21. The van der Waals surface area contributed by atoms with Gasteiger partial charge in [0.15, 0.2) is 0 Å². The van der Waals surface area contributed by atoms with Crippen molar-refractivity contribution in [1.82, 2.24) is 4.90 Å². The number of amides is 1. The molecule has 0 N–H and O–H groups in total.